The highest BCUT2D eigenvalue weighted by Crippen LogP contribution is 2.15. The SMILES string of the molecule is O=C(NC(=S)NCc1ccco1)c1cccc(OCc2ccccc2)c1. The molecule has 1 amide bonds. The van der Waals surface area contributed by atoms with Crippen molar-refractivity contribution in [1.29, 1.82) is 0 Å². The van der Waals surface area contributed by atoms with Gasteiger partial charge in [-0.25, -0.2) is 0 Å². The number of hydrogen-bond acceptors (Lipinski definition) is 4. The van der Waals surface area contributed by atoms with Crippen molar-refractivity contribution in [3.05, 3.63) is 89.9 Å². The van der Waals surface area contributed by atoms with Gasteiger partial charge in [0.1, 0.15) is 18.1 Å². The molecule has 3 rings (SSSR count). The summed E-state index contributed by atoms with van der Waals surface area (Å²) in [5, 5.41) is 5.80. The zero-order valence-corrected chi connectivity index (χ0v) is 14.8. The van der Waals surface area contributed by atoms with Crippen LogP contribution in [-0.4, -0.2) is 11.0 Å². The molecule has 0 aliphatic heterocycles. The molecule has 0 spiro atoms. The van der Waals surface area contributed by atoms with Gasteiger partial charge in [0.05, 0.1) is 12.8 Å². The average molecular weight is 366 g/mol. The number of benzene rings is 2. The van der Waals surface area contributed by atoms with Crippen LogP contribution in [0, 0.1) is 0 Å². The number of furan rings is 1. The van der Waals surface area contributed by atoms with Crippen LogP contribution in [0.5, 0.6) is 5.75 Å². The van der Waals surface area contributed by atoms with Crippen LogP contribution in [0.25, 0.3) is 0 Å². The Bertz CT molecular complexity index is 864. The van der Waals surface area contributed by atoms with E-state index in [9.17, 15) is 4.79 Å². The van der Waals surface area contributed by atoms with Crippen LogP contribution in [0.4, 0.5) is 0 Å². The zero-order chi connectivity index (χ0) is 18.2. The van der Waals surface area contributed by atoms with Crippen molar-refractivity contribution in [3.8, 4) is 5.75 Å². The Hall–Kier alpha value is -3.12. The van der Waals surface area contributed by atoms with Crippen molar-refractivity contribution in [1.82, 2.24) is 10.6 Å². The molecule has 132 valence electrons. The fourth-order valence-corrected chi connectivity index (χ4v) is 2.43. The van der Waals surface area contributed by atoms with Gasteiger partial charge in [-0.3, -0.25) is 10.1 Å². The summed E-state index contributed by atoms with van der Waals surface area (Å²) >= 11 is 5.14. The predicted molar refractivity (Wildman–Crippen MR) is 103 cm³/mol. The van der Waals surface area contributed by atoms with E-state index in [-0.39, 0.29) is 11.0 Å². The Kier molecular flexibility index (Phi) is 6.01. The van der Waals surface area contributed by atoms with E-state index in [1.54, 1.807) is 30.5 Å². The van der Waals surface area contributed by atoms with E-state index >= 15 is 0 Å². The third-order valence-corrected chi connectivity index (χ3v) is 3.82. The normalized spacial score (nSPS) is 10.2. The number of ether oxygens (including phenoxy) is 1. The first kappa shape index (κ1) is 17.7. The molecule has 6 heteroatoms. The van der Waals surface area contributed by atoms with Gasteiger partial charge in [-0.05, 0) is 48.1 Å². The van der Waals surface area contributed by atoms with Gasteiger partial charge in [0.2, 0.25) is 0 Å². The first-order valence-corrected chi connectivity index (χ1v) is 8.50. The largest absolute Gasteiger partial charge is 0.489 e. The molecule has 0 radical (unpaired) electrons. The van der Waals surface area contributed by atoms with Gasteiger partial charge in [0.15, 0.2) is 5.11 Å². The Morgan fingerprint density at radius 2 is 1.88 bits per heavy atom. The first-order valence-electron chi connectivity index (χ1n) is 8.09. The van der Waals surface area contributed by atoms with Gasteiger partial charge in [0, 0.05) is 5.56 Å². The highest BCUT2D eigenvalue weighted by molar-refractivity contribution is 7.80. The lowest BCUT2D eigenvalue weighted by Gasteiger charge is -2.10. The summed E-state index contributed by atoms with van der Waals surface area (Å²) in [5.74, 6) is 1.06. The number of carbonyl (C=O) groups is 1. The van der Waals surface area contributed by atoms with Crippen LogP contribution in [0.2, 0.25) is 0 Å². The van der Waals surface area contributed by atoms with E-state index in [0.717, 1.165) is 11.3 Å². The van der Waals surface area contributed by atoms with E-state index in [0.29, 0.717) is 24.5 Å². The Labute approximate surface area is 157 Å². The van der Waals surface area contributed by atoms with Crippen molar-refractivity contribution in [2.75, 3.05) is 0 Å². The second-order valence-electron chi connectivity index (χ2n) is 5.52. The highest BCUT2D eigenvalue weighted by Gasteiger charge is 2.09. The van der Waals surface area contributed by atoms with Crippen LogP contribution in [0.3, 0.4) is 0 Å². The van der Waals surface area contributed by atoms with Gasteiger partial charge in [0.25, 0.3) is 5.91 Å². The minimum absolute atomic E-state index is 0.238. The molecule has 1 heterocycles. The number of hydrogen-bond donors (Lipinski definition) is 2. The molecule has 0 saturated carbocycles. The van der Waals surface area contributed by atoms with Crippen molar-refractivity contribution in [2.24, 2.45) is 0 Å². The highest BCUT2D eigenvalue weighted by atomic mass is 32.1. The standard InChI is InChI=1S/C20H18N2O3S/c23-19(22-20(26)21-13-18-10-5-11-24-18)16-8-4-9-17(12-16)25-14-15-6-2-1-3-7-15/h1-12H,13-14H2,(H2,21,22,23,26). The summed E-state index contributed by atoms with van der Waals surface area (Å²) in [6, 6.07) is 20.4. The van der Waals surface area contributed by atoms with Gasteiger partial charge >= 0.3 is 0 Å². The molecule has 0 fully saturated rings. The van der Waals surface area contributed by atoms with E-state index in [4.69, 9.17) is 21.4 Å². The van der Waals surface area contributed by atoms with Gasteiger partial charge in [-0.2, -0.15) is 0 Å². The zero-order valence-electron chi connectivity index (χ0n) is 14.0. The summed E-state index contributed by atoms with van der Waals surface area (Å²) < 4.78 is 10.9. The smallest absolute Gasteiger partial charge is 0.257 e. The van der Waals surface area contributed by atoms with Crippen molar-refractivity contribution in [2.45, 2.75) is 13.2 Å². The maximum atomic E-state index is 12.3. The maximum Gasteiger partial charge on any atom is 0.257 e. The molecular weight excluding hydrogens is 348 g/mol. The van der Waals surface area contributed by atoms with Crippen molar-refractivity contribution in [3.63, 3.8) is 0 Å². The Morgan fingerprint density at radius 1 is 1.04 bits per heavy atom. The average Bonchev–Trinajstić information content (AvgIpc) is 3.19. The van der Waals surface area contributed by atoms with Crippen LogP contribution in [0.15, 0.2) is 77.4 Å². The minimum Gasteiger partial charge on any atom is -0.489 e. The molecule has 0 aliphatic carbocycles. The Balaban J connectivity index is 1.53. The molecule has 1 aromatic heterocycles. The fourth-order valence-electron chi connectivity index (χ4n) is 2.27. The monoisotopic (exact) mass is 366 g/mol. The molecule has 3 aromatic rings. The first-order chi connectivity index (χ1) is 12.7. The lowest BCUT2D eigenvalue weighted by Crippen LogP contribution is -2.38. The molecule has 2 N–H and O–H groups in total. The molecule has 0 aliphatic rings. The summed E-state index contributed by atoms with van der Waals surface area (Å²) in [6.45, 7) is 0.849. The molecule has 26 heavy (non-hydrogen) atoms. The van der Waals surface area contributed by atoms with Crippen molar-refractivity contribution >= 4 is 23.2 Å². The summed E-state index contributed by atoms with van der Waals surface area (Å²) in [7, 11) is 0. The number of amides is 1. The summed E-state index contributed by atoms with van der Waals surface area (Å²) in [5.41, 5.74) is 1.53. The van der Waals surface area contributed by atoms with E-state index in [2.05, 4.69) is 10.6 Å². The third kappa shape index (κ3) is 5.19. The molecule has 0 atom stereocenters. The van der Waals surface area contributed by atoms with E-state index in [1.807, 2.05) is 42.5 Å². The predicted octanol–water partition coefficient (Wildman–Crippen LogP) is 3.66. The lowest BCUT2D eigenvalue weighted by molar-refractivity contribution is 0.0976. The topological polar surface area (TPSA) is 63.5 Å². The van der Waals surface area contributed by atoms with E-state index in [1.165, 1.54) is 0 Å². The van der Waals surface area contributed by atoms with Crippen LogP contribution < -0.4 is 15.4 Å². The number of nitrogens with one attached hydrogen (secondary N) is 2. The van der Waals surface area contributed by atoms with Gasteiger partial charge in [-0.15, -0.1) is 0 Å². The number of rotatable bonds is 6. The van der Waals surface area contributed by atoms with Gasteiger partial charge in [-0.1, -0.05) is 36.4 Å². The van der Waals surface area contributed by atoms with Crippen LogP contribution >= 0.6 is 12.2 Å². The van der Waals surface area contributed by atoms with Crippen LogP contribution in [-0.2, 0) is 13.2 Å². The lowest BCUT2D eigenvalue weighted by atomic mass is 10.2. The molecule has 0 bridgehead atoms. The molecule has 0 saturated heterocycles. The number of thiocarbonyl (C=S) groups is 1. The maximum absolute atomic E-state index is 12.3. The quantitative estimate of drug-likeness (QED) is 0.652. The fraction of sp³-hybridized carbons (Fsp3) is 0.100. The molecule has 2 aromatic carbocycles. The second-order valence-corrected chi connectivity index (χ2v) is 5.93. The Morgan fingerprint density at radius 3 is 2.65 bits per heavy atom. The number of carbonyl (C=O) groups excluding carboxylic acids is 1. The van der Waals surface area contributed by atoms with E-state index < -0.39 is 0 Å². The summed E-state index contributed by atoms with van der Waals surface area (Å²) in [6.07, 6.45) is 1.58. The molecule has 5 nitrogen and oxygen atoms in total. The van der Waals surface area contributed by atoms with Gasteiger partial charge < -0.3 is 14.5 Å². The second kappa shape index (κ2) is 8.82. The van der Waals surface area contributed by atoms with Crippen molar-refractivity contribution < 1.29 is 13.9 Å². The molecular formula is C20H18N2O3S. The third-order valence-electron chi connectivity index (χ3n) is 3.57. The summed E-state index contributed by atoms with van der Waals surface area (Å²) in [4.78, 5) is 12.3. The van der Waals surface area contributed by atoms with Crippen LogP contribution in [0.1, 0.15) is 21.7 Å². The minimum atomic E-state index is -0.299. The molecule has 0 unspecified atom stereocenters.